The zero-order valence-electron chi connectivity index (χ0n) is 18.5. The van der Waals surface area contributed by atoms with Crippen molar-refractivity contribution < 1.29 is 18.0 Å². The van der Waals surface area contributed by atoms with Gasteiger partial charge in [0.25, 0.3) is 0 Å². The third-order valence-corrected chi connectivity index (χ3v) is 7.91. The summed E-state index contributed by atoms with van der Waals surface area (Å²) in [6, 6.07) is 1.41. The number of piperazine rings is 1. The molecule has 0 bridgehead atoms. The monoisotopic (exact) mass is 423 g/mol. The third-order valence-electron chi connectivity index (χ3n) is 5.74. The molecule has 0 radical (unpaired) electrons. The average molecular weight is 424 g/mol. The maximum atomic E-state index is 13.4. The molecule has 1 saturated heterocycles. The van der Waals surface area contributed by atoms with Crippen LogP contribution in [0.2, 0.25) is 0 Å². The summed E-state index contributed by atoms with van der Waals surface area (Å²) in [6.07, 6.45) is 0. The molecule has 1 aromatic rings. The first-order chi connectivity index (χ1) is 13.4. The van der Waals surface area contributed by atoms with Crippen LogP contribution < -0.4 is 5.32 Å². The van der Waals surface area contributed by atoms with Gasteiger partial charge in [-0.25, -0.2) is 8.42 Å². The Labute approximate surface area is 174 Å². The van der Waals surface area contributed by atoms with Crippen molar-refractivity contribution in [2.24, 2.45) is 5.92 Å². The molecule has 1 atom stereocenters. The second kappa shape index (κ2) is 8.83. The van der Waals surface area contributed by atoms with Crippen molar-refractivity contribution >= 4 is 21.8 Å². The molecule has 2 rings (SSSR count). The topological polar surface area (TPSA) is 86.8 Å². The van der Waals surface area contributed by atoms with Gasteiger partial charge >= 0.3 is 0 Å². The van der Waals surface area contributed by atoms with E-state index in [9.17, 15) is 18.0 Å². The lowest BCUT2D eigenvalue weighted by atomic mass is 10.0. The van der Waals surface area contributed by atoms with Gasteiger partial charge in [-0.05, 0) is 55.9 Å². The van der Waals surface area contributed by atoms with Crippen molar-refractivity contribution in [3.05, 3.63) is 28.3 Å². The third kappa shape index (κ3) is 4.80. The standard InChI is InChI=1S/C21H33N3O4S/c1-13(2)19(22-18(7)25)21(26)23-8-10-24(11-9-23)29(27,28)20-16(5)14(3)12-15(4)17(20)6/h12-13,19H,8-11H2,1-7H3,(H,22,25)/t19-/m0/s1. The molecule has 2 amide bonds. The number of amides is 2. The molecule has 162 valence electrons. The Morgan fingerprint density at radius 1 is 0.966 bits per heavy atom. The van der Waals surface area contributed by atoms with Gasteiger partial charge in [-0.1, -0.05) is 19.9 Å². The van der Waals surface area contributed by atoms with E-state index in [4.69, 9.17) is 0 Å². The molecule has 0 saturated carbocycles. The Morgan fingerprint density at radius 3 is 1.86 bits per heavy atom. The first kappa shape index (κ1) is 23.3. The predicted octanol–water partition coefficient (Wildman–Crippen LogP) is 1.91. The van der Waals surface area contributed by atoms with Crippen LogP contribution in [0, 0.1) is 33.6 Å². The minimum Gasteiger partial charge on any atom is -0.344 e. The number of rotatable bonds is 5. The Kier molecular flexibility index (Phi) is 7.11. The molecule has 1 heterocycles. The molecule has 29 heavy (non-hydrogen) atoms. The van der Waals surface area contributed by atoms with Crippen molar-refractivity contribution in [1.29, 1.82) is 0 Å². The van der Waals surface area contributed by atoms with Crippen LogP contribution in [0.3, 0.4) is 0 Å². The molecule has 7 nitrogen and oxygen atoms in total. The Morgan fingerprint density at radius 2 is 1.45 bits per heavy atom. The largest absolute Gasteiger partial charge is 0.344 e. The van der Waals surface area contributed by atoms with Crippen LogP contribution >= 0.6 is 0 Å². The van der Waals surface area contributed by atoms with Crippen molar-refractivity contribution in [2.45, 2.75) is 59.4 Å². The molecular weight excluding hydrogens is 390 g/mol. The number of carbonyl (C=O) groups excluding carboxylic acids is 2. The summed E-state index contributed by atoms with van der Waals surface area (Å²) in [5, 5.41) is 2.71. The molecular formula is C21H33N3O4S. The fourth-order valence-electron chi connectivity index (χ4n) is 3.77. The number of aryl methyl sites for hydroxylation is 2. The van der Waals surface area contributed by atoms with Gasteiger partial charge in [0, 0.05) is 33.1 Å². The van der Waals surface area contributed by atoms with Crippen LogP contribution in [0.25, 0.3) is 0 Å². The van der Waals surface area contributed by atoms with Crippen molar-refractivity contribution in [3.63, 3.8) is 0 Å². The molecule has 1 N–H and O–H groups in total. The fourth-order valence-corrected chi connectivity index (χ4v) is 5.77. The van der Waals surface area contributed by atoms with Crippen molar-refractivity contribution in [2.75, 3.05) is 26.2 Å². The molecule has 1 aliphatic heterocycles. The molecule has 8 heteroatoms. The predicted molar refractivity (Wildman–Crippen MR) is 113 cm³/mol. The maximum absolute atomic E-state index is 13.4. The van der Waals surface area contributed by atoms with E-state index in [-0.39, 0.29) is 30.8 Å². The molecule has 1 aromatic carbocycles. The zero-order chi connectivity index (χ0) is 22.1. The summed E-state index contributed by atoms with van der Waals surface area (Å²) < 4.78 is 28.2. The fraction of sp³-hybridized carbons (Fsp3) is 0.619. The minimum atomic E-state index is -3.65. The van der Waals surface area contributed by atoms with Crippen LogP contribution in [-0.4, -0.2) is 61.7 Å². The minimum absolute atomic E-state index is 0.0475. The lowest BCUT2D eigenvalue weighted by Crippen LogP contribution is -2.57. The maximum Gasteiger partial charge on any atom is 0.245 e. The highest BCUT2D eigenvalue weighted by molar-refractivity contribution is 7.89. The lowest BCUT2D eigenvalue weighted by Gasteiger charge is -2.37. The first-order valence-corrected chi connectivity index (χ1v) is 11.4. The molecule has 1 aliphatic rings. The summed E-state index contributed by atoms with van der Waals surface area (Å²) in [5.41, 5.74) is 3.46. The summed E-state index contributed by atoms with van der Waals surface area (Å²) in [4.78, 5) is 26.3. The van der Waals surface area contributed by atoms with Crippen LogP contribution in [0.15, 0.2) is 11.0 Å². The SMILES string of the molecule is CC(=O)N[C@H](C(=O)N1CCN(S(=O)(=O)c2c(C)c(C)cc(C)c2C)CC1)C(C)C. The van der Waals surface area contributed by atoms with E-state index < -0.39 is 16.1 Å². The van der Waals surface area contributed by atoms with E-state index in [0.717, 1.165) is 22.3 Å². The average Bonchev–Trinajstić information content (AvgIpc) is 2.63. The number of hydrogen-bond donors (Lipinski definition) is 1. The molecule has 1 fully saturated rings. The van der Waals surface area contributed by atoms with Gasteiger partial charge in [-0.15, -0.1) is 0 Å². The van der Waals surface area contributed by atoms with E-state index in [2.05, 4.69) is 5.32 Å². The summed E-state index contributed by atoms with van der Waals surface area (Å²) in [6.45, 7) is 13.8. The van der Waals surface area contributed by atoms with Crippen LogP contribution in [0.5, 0.6) is 0 Å². The van der Waals surface area contributed by atoms with Crippen LogP contribution in [-0.2, 0) is 19.6 Å². The molecule has 0 aromatic heterocycles. The van der Waals surface area contributed by atoms with Gasteiger partial charge in [0.05, 0.1) is 4.90 Å². The van der Waals surface area contributed by atoms with Gasteiger partial charge in [-0.2, -0.15) is 4.31 Å². The van der Waals surface area contributed by atoms with E-state index in [0.29, 0.717) is 18.0 Å². The van der Waals surface area contributed by atoms with Gasteiger partial charge < -0.3 is 10.2 Å². The first-order valence-electron chi connectivity index (χ1n) is 10.0. The summed E-state index contributed by atoms with van der Waals surface area (Å²) in [7, 11) is -3.65. The number of sulfonamides is 1. The molecule has 0 unspecified atom stereocenters. The highest BCUT2D eigenvalue weighted by atomic mass is 32.2. The van der Waals surface area contributed by atoms with Gasteiger partial charge in [0.2, 0.25) is 21.8 Å². The number of nitrogens with zero attached hydrogens (tertiary/aromatic N) is 2. The number of carbonyl (C=O) groups is 2. The summed E-state index contributed by atoms with van der Waals surface area (Å²) >= 11 is 0. The molecule has 0 spiro atoms. The van der Waals surface area contributed by atoms with E-state index >= 15 is 0 Å². The highest BCUT2D eigenvalue weighted by Gasteiger charge is 2.35. The second-order valence-electron chi connectivity index (χ2n) is 8.24. The smallest absolute Gasteiger partial charge is 0.245 e. The highest BCUT2D eigenvalue weighted by Crippen LogP contribution is 2.29. The van der Waals surface area contributed by atoms with E-state index in [1.54, 1.807) is 4.90 Å². The summed E-state index contributed by atoms with van der Waals surface area (Å²) in [5.74, 6) is -0.459. The Hall–Kier alpha value is -1.93. The van der Waals surface area contributed by atoms with Crippen molar-refractivity contribution in [1.82, 2.24) is 14.5 Å². The van der Waals surface area contributed by atoms with Crippen LogP contribution in [0.4, 0.5) is 0 Å². The number of nitrogens with one attached hydrogen (secondary N) is 1. The number of hydrogen-bond acceptors (Lipinski definition) is 4. The number of benzene rings is 1. The van der Waals surface area contributed by atoms with Gasteiger partial charge in [0.1, 0.15) is 6.04 Å². The normalized spacial score (nSPS) is 16.8. The van der Waals surface area contributed by atoms with Crippen molar-refractivity contribution in [3.8, 4) is 0 Å². The van der Waals surface area contributed by atoms with E-state index in [1.807, 2.05) is 47.6 Å². The zero-order valence-corrected chi connectivity index (χ0v) is 19.3. The van der Waals surface area contributed by atoms with E-state index in [1.165, 1.54) is 11.2 Å². The Bertz CT molecular complexity index is 875. The van der Waals surface area contributed by atoms with Gasteiger partial charge in [0.15, 0.2) is 0 Å². The quantitative estimate of drug-likeness (QED) is 0.784. The van der Waals surface area contributed by atoms with Crippen LogP contribution in [0.1, 0.15) is 43.0 Å². The lowest BCUT2D eigenvalue weighted by molar-refractivity contribution is -0.138. The van der Waals surface area contributed by atoms with Gasteiger partial charge in [-0.3, -0.25) is 9.59 Å². The Balaban J connectivity index is 2.21. The second-order valence-corrected chi connectivity index (χ2v) is 10.1. The molecule has 0 aliphatic carbocycles.